The quantitative estimate of drug-likeness (QED) is 0.611. The molecule has 3 N–H and O–H groups in total. The molecule has 8 fully saturated rings. The number of aliphatic carboxylic acids is 1. The van der Waals surface area contributed by atoms with E-state index < -0.39 is 17.5 Å². The number of carbonyl (C=O) groups is 2. The summed E-state index contributed by atoms with van der Waals surface area (Å²) >= 11 is 0. The van der Waals surface area contributed by atoms with Gasteiger partial charge in [0, 0.05) is 5.92 Å². The molecule has 0 aliphatic heterocycles. The number of carbonyl (C=O) groups excluding carboxylic acids is 1. The molecule has 0 radical (unpaired) electrons. The molecule has 0 saturated heterocycles. The predicted octanol–water partition coefficient (Wildman–Crippen LogP) is 0.782. The molecule has 8 bridgehead atoms. The van der Waals surface area contributed by atoms with Gasteiger partial charge in [-0.15, -0.1) is 0 Å². The summed E-state index contributed by atoms with van der Waals surface area (Å²) in [4.78, 5) is 26.3. The number of rotatable bonds is 1. The Morgan fingerprint density at radius 2 is 1.44 bits per heavy atom. The van der Waals surface area contributed by atoms with Gasteiger partial charge in [-0.1, -0.05) is 0 Å². The number of hydrogen-bond acceptors (Lipinski definition) is 4. The summed E-state index contributed by atoms with van der Waals surface area (Å²) in [5, 5.41) is 31.7. The Bertz CT molecular complexity index is 734. The molecular formula is C20H24O5. The second-order valence-corrected chi connectivity index (χ2v) is 10.2. The molecule has 8 aliphatic rings. The average molecular weight is 344 g/mol. The van der Waals surface area contributed by atoms with Gasteiger partial charge in [-0.2, -0.15) is 0 Å². The first-order valence-corrected chi connectivity index (χ1v) is 10.1. The molecule has 8 aliphatic carbocycles. The highest BCUT2D eigenvalue weighted by Crippen LogP contribution is 2.86. The minimum absolute atomic E-state index is 0.00167. The van der Waals surface area contributed by atoms with E-state index in [0.29, 0.717) is 23.7 Å². The molecule has 8 rings (SSSR count). The van der Waals surface area contributed by atoms with E-state index in [1.165, 1.54) is 0 Å². The first-order chi connectivity index (χ1) is 12.0. The van der Waals surface area contributed by atoms with Gasteiger partial charge in [0.25, 0.3) is 0 Å². The van der Waals surface area contributed by atoms with E-state index in [1.807, 2.05) is 0 Å². The third-order valence-corrected chi connectivity index (χ3v) is 10.4. The highest BCUT2D eigenvalue weighted by molar-refractivity contribution is 6.08. The molecular weight excluding hydrogens is 320 g/mol. The molecule has 8 saturated carbocycles. The standard InChI is InChI=1S/C20H24O5/c21-7-4-2-6-9(7)12-14-13-11-5-1-3-8(22)10(5)17(13)20(16(6)14,19(24)25)18(23)15(11)12/h5-17,21-22H,1-4H2,(H,24,25). The Hall–Kier alpha value is -0.940. The normalized spacial score (nSPS) is 70.3. The van der Waals surface area contributed by atoms with Crippen molar-refractivity contribution in [2.24, 2.45) is 70.5 Å². The number of carboxylic acid groups (broad SMARTS) is 1. The van der Waals surface area contributed by atoms with Crippen molar-refractivity contribution in [3.8, 4) is 0 Å². The van der Waals surface area contributed by atoms with Crippen molar-refractivity contribution in [3.05, 3.63) is 0 Å². The lowest BCUT2D eigenvalue weighted by Gasteiger charge is -2.43. The zero-order chi connectivity index (χ0) is 17.0. The van der Waals surface area contributed by atoms with Crippen LogP contribution in [-0.2, 0) is 9.59 Å². The first kappa shape index (κ1) is 14.2. The maximum Gasteiger partial charge on any atom is 0.317 e. The topological polar surface area (TPSA) is 94.8 Å². The van der Waals surface area contributed by atoms with Crippen LogP contribution in [-0.4, -0.2) is 39.3 Å². The molecule has 0 aromatic heterocycles. The fourth-order valence-corrected chi connectivity index (χ4v) is 10.6. The van der Waals surface area contributed by atoms with E-state index >= 15 is 0 Å². The van der Waals surface area contributed by atoms with E-state index in [2.05, 4.69) is 0 Å². The summed E-state index contributed by atoms with van der Waals surface area (Å²) in [5.41, 5.74) is -1.25. The maximum absolute atomic E-state index is 13.6. The lowest BCUT2D eigenvalue weighted by atomic mass is 9.56. The Labute approximate surface area is 145 Å². The Balaban J connectivity index is 1.51. The fourth-order valence-electron chi connectivity index (χ4n) is 10.6. The van der Waals surface area contributed by atoms with Crippen LogP contribution in [0.4, 0.5) is 0 Å². The number of Topliss-reactive ketones (excluding diaryl/α,β-unsaturated/α-hetero) is 1. The van der Waals surface area contributed by atoms with Crippen molar-refractivity contribution in [3.63, 3.8) is 0 Å². The first-order valence-electron chi connectivity index (χ1n) is 10.1. The third-order valence-electron chi connectivity index (χ3n) is 10.4. The van der Waals surface area contributed by atoms with E-state index in [4.69, 9.17) is 0 Å². The van der Waals surface area contributed by atoms with E-state index in [9.17, 15) is 24.9 Å². The van der Waals surface area contributed by atoms with Gasteiger partial charge in [0.15, 0.2) is 5.78 Å². The van der Waals surface area contributed by atoms with Crippen LogP contribution in [0.3, 0.4) is 0 Å². The summed E-state index contributed by atoms with van der Waals surface area (Å²) < 4.78 is 0. The molecule has 0 aromatic carbocycles. The number of carboxylic acids is 1. The van der Waals surface area contributed by atoms with Crippen LogP contribution < -0.4 is 0 Å². The molecule has 14 atom stereocenters. The van der Waals surface area contributed by atoms with Crippen LogP contribution in [0.25, 0.3) is 0 Å². The number of aliphatic hydroxyl groups excluding tert-OH is 2. The fraction of sp³-hybridized carbons (Fsp3) is 0.900. The van der Waals surface area contributed by atoms with E-state index in [0.717, 1.165) is 25.7 Å². The lowest BCUT2D eigenvalue weighted by Crippen LogP contribution is -2.56. The van der Waals surface area contributed by atoms with Crippen LogP contribution in [0.2, 0.25) is 0 Å². The molecule has 134 valence electrons. The van der Waals surface area contributed by atoms with Crippen LogP contribution >= 0.6 is 0 Å². The van der Waals surface area contributed by atoms with Gasteiger partial charge >= 0.3 is 5.97 Å². The zero-order valence-electron chi connectivity index (χ0n) is 14.0. The molecule has 0 spiro atoms. The molecule has 25 heavy (non-hydrogen) atoms. The zero-order valence-corrected chi connectivity index (χ0v) is 14.0. The number of hydrogen-bond donors (Lipinski definition) is 3. The summed E-state index contributed by atoms with van der Waals surface area (Å²) in [7, 11) is 0. The van der Waals surface area contributed by atoms with Crippen molar-refractivity contribution in [1.82, 2.24) is 0 Å². The summed E-state index contributed by atoms with van der Waals surface area (Å²) in [5.74, 6) is 0.596. The van der Waals surface area contributed by atoms with Gasteiger partial charge in [-0.3, -0.25) is 9.59 Å². The Kier molecular flexibility index (Phi) is 2.17. The summed E-state index contributed by atoms with van der Waals surface area (Å²) in [6.45, 7) is 0. The largest absolute Gasteiger partial charge is 0.480 e. The molecule has 14 unspecified atom stereocenters. The van der Waals surface area contributed by atoms with Crippen molar-refractivity contribution >= 4 is 11.8 Å². The Morgan fingerprint density at radius 1 is 0.800 bits per heavy atom. The van der Waals surface area contributed by atoms with Gasteiger partial charge in [0.2, 0.25) is 0 Å². The second kappa shape index (κ2) is 3.84. The maximum atomic E-state index is 13.6. The molecule has 0 aromatic rings. The SMILES string of the molecule is O=C(O)C12C(=O)C3C4C5CCC(O)C5C1C4C1C3C3C(O)CCC3C12. The average Bonchev–Trinajstić information content (AvgIpc) is 3.29. The molecule has 0 amide bonds. The highest BCUT2D eigenvalue weighted by atomic mass is 16.4. The monoisotopic (exact) mass is 344 g/mol. The molecule has 5 heteroatoms. The van der Waals surface area contributed by atoms with Crippen LogP contribution in [0.5, 0.6) is 0 Å². The third kappa shape index (κ3) is 1.09. The predicted molar refractivity (Wildman–Crippen MR) is 83.9 cm³/mol. The summed E-state index contributed by atoms with van der Waals surface area (Å²) in [6.07, 6.45) is 2.58. The Morgan fingerprint density at radius 3 is 2.16 bits per heavy atom. The molecule has 5 nitrogen and oxygen atoms in total. The van der Waals surface area contributed by atoms with Crippen molar-refractivity contribution in [2.75, 3.05) is 0 Å². The molecule has 0 heterocycles. The van der Waals surface area contributed by atoms with Crippen molar-refractivity contribution in [1.29, 1.82) is 0 Å². The van der Waals surface area contributed by atoms with Crippen LogP contribution in [0.15, 0.2) is 0 Å². The van der Waals surface area contributed by atoms with Gasteiger partial charge in [-0.25, -0.2) is 0 Å². The van der Waals surface area contributed by atoms with Crippen LogP contribution in [0, 0.1) is 70.5 Å². The van der Waals surface area contributed by atoms with E-state index in [1.54, 1.807) is 0 Å². The number of aliphatic hydroxyl groups is 2. The number of fused-ring (bicyclic) bond motifs is 2. The van der Waals surface area contributed by atoms with Gasteiger partial charge in [-0.05, 0) is 84.9 Å². The summed E-state index contributed by atoms with van der Waals surface area (Å²) in [6, 6.07) is 0. The lowest BCUT2D eigenvalue weighted by molar-refractivity contribution is -0.170. The van der Waals surface area contributed by atoms with E-state index in [-0.39, 0.29) is 53.3 Å². The van der Waals surface area contributed by atoms with Crippen molar-refractivity contribution in [2.45, 2.75) is 37.9 Å². The highest BCUT2D eigenvalue weighted by Gasteiger charge is 2.90. The number of ketones is 1. The smallest absolute Gasteiger partial charge is 0.317 e. The minimum atomic E-state index is -1.25. The van der Waals surface area contributed by atoms with Crippen molar-refractivity contribution < 1.29 is 24.9 Å². The van der Waals surface area contributed by atoms with Gasteiger partial charge in [0.05, 0.1) is 12.2 Å². The minimum Gasteiger partial charge on any atom is -0.480 e. The van der Waals surface area contributed by atoms with Gasteiger partial charge in [0.1, 0.15) is 5.41 Å². The van der Waals surface area contributed by atoms with Crippen LogP contribution in [0.1, 0.15) is 25.7 Å². The van der Waals surface area contributed by atoms with Gasteiger partial charge < -0.3 is 15.3 Å². The second-order valence-electron chi connectivity index (χ2n) is 10.2.